The molecule has 0 spiro atoms. The molecule has 0 radical (unpaired) electrons. The number of methoxy groups -OCH3 is 1. The zero-order valence-corrected chi connectivity index (χ0v) is 12.7. The Balaban J connectivity index is 2.30. The number of ether oxygens (including phenoxy) is 1. The number of benzene rings is 2. The van der Waals surface area contributed by atoms with Crippen LogP contribution < -0.4 is 4.74 Å². The Kier molecular flexibility index (Phi) is 5.40. The molecule has 0 fully saturated rings. The van der Waals surface area contributed by atoms with Gasteiger partial charge in [-0.2, -0.15) is 0 Å². The van der Waals surface area contributed by atoms with E-state index in [1.165, 1.54) is 37.6 Å². The summed E-state index contributed by atoms with van der Waals surface area (Å²) >= 11 is 0. The van der Waals surface area contributed by atoms with Gasteiger partial charge in [0, 0.05) is 30.0 Å². The number of nitro benzene ring substituents is 1. The molecular formula is C17H14N2O5. The number of carboxylic acid groups (broad SMARTS) is 1. The number of hydrogen-bond donors (Lipinski definition) is 1. The molecular weight excluding hydrogens is 312 g/mol. The van der Waals surface area contributed by atoms with Gasteiger partial charge in [-0.15, -0.1) is 0 Å². The maximum absolute atomic E-state index is 10.9. The number of carbonyl (C=O) groups is 1. The maximum Gasteiger partial charge on any atom is 0.328 e. The SMILES string of the molecule is COc1ccc([N+](=O)[O-])cc1C=Nc1cccc(/C=C/C(=O)O)c1. The van der Waals surface area contributed by atoms with Gasteiger partial charge < -0.3 is 9.84 Å². The largest absolute Gasteiger partial charge is 0.496 e. The summed E-state index contributed by atoms with van der Waals surface area (Å²) in [6.45, 7) is 0. The van der Waals surface area contributed by atoms with Gasteiger partial charge in [-0.1, -0.05) is 12.1 Å². The van der Waals surface area contributed by atoms with Gasteiger partial charge >= 0.3 is 5.97 Å². The van der Waals surface area contributed by atoms with Crippen LogP contribution in [-0.2, 0) is 4.79 Å². The van der Waals surface area contributed by atoms with Crippen molar-refractivity contribution in [1.29, 1.82) is 0 Å². The summed E-state index contributed by atoms with van der Waals surface area (Å²) in [6, 6.07) is 11.1. The van der Waals surface area contributed by atoms with Crippen LogP contribution in [-0.4, -0.2) is 29.3 Å². The molecule has 1 N–H and O–H groups in total. The van der Waals surface area contributed by atoms with Crippen molar-refractivity contribution in [3.63, 3.8) is 0 Å². The molecule has 0 atom stereocenters. The first-order valence-electron chi connectivity index (χ1n) is 6.87. The summed E-state index contributed by atoms with van der Waals surface area (Å²) in [4.78, 5) is 25.2. The molecule has 0 aliphatic carbocycles. The van der Waals surface area contributed by atoms with Gasteiger partial charge in [-0.25, -0.2) is 4.79 Å². The lowest BCUT2D eigenvalue weighted by molar-refractivity contribution is -0.384. The minimum atomic E-state index is -1.04. The Labute approximate surface area is 137 Å². The highest BCUT2D eigenvalue weighted by Crippen LogP contribution is 2.23. The van der Waals surface area contributed by atoms with E-state index < -0.39 is 10.9 Å². The number of aliphatic carboxylic acids is 1. The van der Waals surface area contributed by atoms with E-state index in [9.17, 15) is 14.9 Å². The third-order valence-corrected chi connectivity index (χ3v) is 3.07. The van der Waals surface area contributed by atoms with Gasteiger partial charge in [0.05, 0.1) is 17.7 Å². The predicted molar refractivity (Wildman–Crippen MR) is 90.0 cm³/mol. The number of rotatable bonds is 6. The second-order valence-corrected chi connectivity index (χ2v) is 4.71. The minimum absolute atomic E-state index is 0.0598. The molecule has 7 nitrogen and oxygen atoms in total. The molecule has 0 aliphatic rings. The van der Waals surface area contributed by atoms with Gasteiger partial charge in [0.1, 0.15) is 5.75 Å². The second kappa shape index (κ2) is 7.68. The first kappa shape index (κ1) is 16.9. The highest BCUT2D eigenvalue weighted by atomic mass is 16.6. The Hall–Kier alpha value is -3.48. The third kappa shape index (κ3) is 4.51. The molecule has 0 heterocycles. The van der Waals surface area contributed by atoms with Crippen molar-refractivity contribution in [2.75, 3.05) is 7.11 Å². The summed E-state index contributed by atoms with van der Waals surface area (Å²) < 4.78 is 5.17. The quantitative estimate of drug-likeness (QED) is 0.379. The van der Waals surface area contributed by atoms with Crippen LogP contribution in [0.5, 0.6) is 5.75 Å². The Bertz CT molecular complexity index is 827. The van der Waals surface area contributed by atoms with Crippen molar-refractivity contribution in [1.82, 2.24) is 0 Å². The van der Waals surface area contributed by atoms with Crippen LogP contribution in [0.2, 0.25) is 0 Å². The Morgan fingerprint density at radius 1 is 1.29 bits per heavy atom. The number of hydrogen-bond acceptors (Lipinski definition) is 5. The van der Waals surface area contributed by atoms with Crippen LogP contribution >= 0.6 is 0 Å². The summed E-state index contributed by atoms with van der Waals surface area (Å²) in [5.74, 6) is -0.573. The van der Waals surface area contributed by atoms with Crippen LogP contribution in [0, 0.1) is 10.1 Å². The maximum atomic E-state index is 10.9. The van der Waals surface area contributed by atoms with Crippen molar-refractivity contribution in [2.45, 2.75) is 0 Å². The summed E-state index contributed by atoms with van der Waals surface area (Å²) in [5.41, 5.74) is 1.67. The molecule has 2 aromatic carbocycles. The third-order valence-electron chi connectivity index (χ3n) is 3.07. The molecule has 7 heteroatoms. The average Bonchev–Trinajstić information content (AvgIpc) is 2.58. The van der Waals surface area contributed by atoms with E-state index in [0.717, 1.165) is 6.08 Å². The van der Waals surface area contributed by atoms with Gasteiger partial charge in [-0.3, -0.25) is 15.1 Å². The monoisotopic (exact) mass is 326 g/mol. The van der Waals surface area contributed by atoms with Crippen LogP contribution in [0.1, 0.15) is 11.1 Å². The smallest absolute Gasteiger partial charge is 0.328 e. The van der Waals surface area contributed by atoms with Crippen molar-refractivity contribution in [3.8, 4) is 5.75 Å². The number of nitrogens with zero attached hydrogens (tertiary/aromatic N) is 2. The zero-order valence-electron chi connectivity index (χ0n) is 12.7. The lowest BCUT2D eigenvalue weighted by atomic mass is 10.1. The fourth-order valence-corrected chi connectivity index (χ4v) is 1.96. The van der Waals surface area contributed by atoms with E-state index >= 15 is 0 Å². The summed E-state index contributed by atoms with van der Waals surface area (Å²) in [5, 5.41) is 19.5. The Morgan fingerprint density at radius 2 is 2.08 bits per heavy atom. The standard InChI is InChI=1S/C17H14N2O5/c1-24-16-7-6-15(19(22)23)10-13(16)11-18-14-4-2-3-12(9-14)5-8-17(20)21/h2-11H,1H3,(H,20,21)/b8-5+,18-11?. The van der Waals surface area contributed by atoms with Gasteiger partial charge in [0.15, 0.2) is 0 Å². The topological polar surface area (TPSA) is 102 Å². The number of non-ortho nitro benzene ring substituents is 1. The first-order chi connectivity index (χ1) is 11.5. The lowest BCUT2D eigenvalue weighted by Crippen LogP contribution is -1.94. The summed E-state index contributed by atoms with van der Waals surface area (Å²) in [6.07, 6.45) is 3.95. The molecule has 0 saturated carbocycles. The highest BCUT2D eigenvalue weighted by Gasteiger charge is 2.09. The molecule has 0 unspecified atom stereocenters. The van der Waals surface area contributed by atoms with Gasteiger partial charge in [0.2, 0.25) is 0 Å². The van der Waals surface area contributed by atoms with Crippen LogP contribution in [0.3, 0.4) is 0 Å². The molecule has 0 aromatic heterocycles. The van der Waals surface area contributed by atoms with E-state index in [4.69, 9.17) is 9.84 Å². The molecule has 0 aliphatic heterocycles. The summed E-state index contributed by atoms with van der Waals surface area (Å²) in [7, 11) is 1.47. The lowest BCUT2D eigenvalue weighted by Gasteiger charge is -2.04. The van der Waals surface area contributed by atoms with E-state index in [-0.39, 0.29) is 5.69 Å². The van der Waals surface area contributed by atoms with E-state index in [0.29, 0.717) is 22.6 Å². The Morgan fingerprint density at radius 3 is 2.75 bits per heavy atom. The normalized spacial score (nSPS) is 11.0. The second-order valence-electron chi connectivity index (χ2n) is 4.71. The van der Waals surface area contributed by atoms with Gasteiger partial charge in [0.25, 0.3) is 5.69 Å². The molecule has 0 saturated heterocycles. The van der Waals surface area contributed by atoms with Crippen LogP contribution in [0.4, 0.5) is 11.4 Å². The highest BCUT2D eigenvalue weighted by molar-refractivity contribution is 5.87. The molecule has 2 rings (SSSR count). The number of carboxylic acids is 1. The molecule has 122 valence electrons. The molecule has 2 aromatic rings. The molecule has 0 amide bonds. The molecule has 0 bridgehead atoms. The molecule has 24 heavy (non-hydrogen) atoms. The zero-order chi connectivity index (χ0) is 17.5. The fourth-order valence-electron chi connectivity index (χ4n) is 1.96. The van der Waals surface area contributed by atoms with E-state index in [1.807, 2.05) is 0 Å². The van der Waals surface area contributed by atoms with Crippen molar-refractivity contribution in [2.24, 2.45) is 4.99 Å². The van der Waals surface area contributed by atoms with E-state index in [2.05, 4.69) is 4.99 Å². The van der Waals surface area contributed by atoms with Crippen LogP contribution in [0.25, 0.3) is 6.08 Å². The van der Waals surface area contributed by atoms with Crippen molar-refractivity contribution < 1.29 is 19.6 Å². The van der Waals surface area contributed by atoms with E-state index in [1.54, 1.807) is 24.3 Å². The fraction of sp³-hybridized carbons (Fsp3) is 0.0588. The van der Waals surface area contributed by atoms with Crippen LogP contribution in [0.15, 0.2) is 53.5 Å². The number of aliphatic imine (C=N–C) groups is 1. The predicted octanol–water partition coefficient (Wildman–Crippen LogP) is 3.45. The van der Waals surface area contributed by atoms with Gasteiger partial charge in [-0.05, 0) is 29.8 Å². The first-order valence-corrected chi connectivity index (χ1v) is 6.87. The number of nitro groups is 1. The minimum Gasteiger partial charge on any atom is -0.496 e. The average molecular weight is 326 g/mol. The van der Waals surface area contributed by atoms with Crippen molar-refractivity contribution in [3.05, 3.63) is 69.8 Å². The van der Waals surface area contributed by atoms with Crippen molar-refractivity contribution >= 4 is 29.6 Å².